The number of anilines is 1. The summed E-state index contributed by atoms with van der Waals surface area (Å²) in [5.41, 5.74) is 8.35. The summed E-state index contributed by atoms with van der Waals surface area (Å²) in [5, 5.41) is 4.35. The summed E-state index contributed by atoms with van der Waals surface area (Å²) in [5.74, 6) is 1.72. The topological polar surface area (TPSA) is 69.9 Å². The van der Waals surface area contributed by atoms with Gasteiger partial charge in [-0.2, -0.15) is 5.10 Å². The highest BCUT2D eigenvalue weighted by atomic mass is 16.4. The van der Waals surface area contributed by atoms with E-state index in [0.717, 1.165) is 23.6 Å². The van der Waals surface area contributed by atoms with Crippen LogP contribution in [0.3, 0.4) is 0 Å². The number of hydrogen-bond acceptors (Lipinski definition) is 4. The van der Waals surface area contributed by atoms with Gasteiger partial charge < -0.3 is 10.2 Å². The molecule has 5 heteroatoms. The lowest BCUT2D eigenvalue weighted by molar-refractivity contribution is 0.490. The largest absolute Gasteiger partial charge is 0.440 e. The van der Waals surface area contributed by atoms with Gasteiger partial charge in [0, 0.05) is 13.0 Å². The molecule has 0 spiro atoms. The molecule has 0 aliphatic heterocycles. The van der Waals surface area contributed by atoms with Gasteiger partial charge in [0.05, 0.1) is 17.6 Å². The van der Waals surface area contributed by atoms with Gasteiger partial charge in [-0.05, 0) is 6.42 Å². The fraction of sp³-hybridized carbons (Fsp3) is 0.500. The van der Waals surface area contributed by atoms with Gasteiger partial charge in [0.25, 0.3) is 0 Å². The second-order valence-corrected chi connectivity index (χ2v) is 4.41. The molecule has 5 nitrogen and oxygen atoms in total. The fourth-order valence-corrected chi connectivity index (χ4v) is 1.77. The third-order valence-corrected chi connectivity index (χ3v) is 2.79. The Hall–Kier alpha value is -1.78. The van der Waals surface area contributed by atoms with Crippen molar-refractivity contribution in [2.24, 2.45) is 7.05 Å². The van der Waals surface area contributed by atoms with Crippen molar-refractivity contribution in [3.05, 3.63) is 17.7 Å². The average Bonchev–Trinajstić information content (AvgIpc) is 2.83. The van der Waals surface area contributed by atoms with Gasteiger partial charge in [-0.1, -0.05) is 20.8 Å². The van der Waals surface area contributed by atoms with Gasteiger partial charge in [-0.15, -0.1) is 0 Å². The minimum absolute atomic E-state index is 0.316. The molecule has 0 radical (unpaired) electrons. The fourth-order valence-electron chi connectivity index (χ4n) is 1.77. The van der Waals surface area contributed by atoms with Crippen LogP contribution < -0.4 is 5.73 Å². The lowest BCUT2D eigenvalue weighted by atomic mass is 10.2. The van der Waals surface area contributed by atoms with Crippen LogP contribution in [-0.4, -0.2) is 14.8 Å². The first kappa shape index (κ1) is 11.7. The van der Waals surface area contributed by atoms with Crippen molar-refractivity contribution in [3.63, 3.8) is 0 Å². The summed E-state index contributed by atoms with van der Waals surface area (Å²) in [6.45, 7) is 6.15. The molecule has 2 N–H and O–H groups in total. The molecular weight excluding hydrogens is 216 g/mol. The molecule has 2 rings (SSSR count). The molecular formula is C12H18N4O. The molecule has 0 saturated carbocycles. The zero-order chi connectivity index (χ0) is 12.6. The molecule has 0 aromatic carbocycles. The van der Waals surface area contributed by atoms with Crippen molar-refractivity contribution in [1.82, 2.24) is 14.8 Å². The van der Waals surface area contributed by atoms with E-state index in [0.29, 0.717) is 17.5 Å². The van der Waals surface area contributed by atoms with Crippen LogP contribution in [0.1, 0.15) is 38.1 Å². The number of rotatable bonds is 3. The van der Waals surface area contributed by atoms with Gasteiger partial charge >= 0.3 is 0 Å². The molecule has 0 aliphatic rings. The number of nitrogens with zero attached hydrogens (tertiary/aromatic N) is 3. The zero-order valence-corrected chi connectivity index (χ0v) is 10.7. The van der Waals surface area contributed by atoms with Crippen LogP contribution in [-0.2, 0) is 13.5 Å². The normalized spacial score (nSPS) is 11.4. The van der Waals surface area contributed by atoms with E-state index in [2.05, 4.69) is 23.9 Å². The standard InChI is InChI=1S/C12H18N4O/c1-5-8-10(13)11(16(4)15-8)12-14-6-9(17-12)7(2)3/h6-7H,5,13H2,1-4H3. The monoisotopic (exact) mass is 234 g/mol. The minimum Gasteiger partial charge on any atom is -0.440 e. The Bertz CT molecular complexity index is 525. The smallest absolute Gasteiger partial charge is 0.247 e. The molecule has 0 bridgehead atoms. The van der Waals surface area contributed by atoms with Crippen molar-refractivity contribution < 1.29 is 4.42 Å². The molecule has 2 heterocycles. The highest BCUT2D eigenvalue weighted by Gasteiger charge is 2.19. The van der Waals surface area contributed by atoms with Crippen LogP contribution in [0.2, 0.25) is 0 Å². The molecule has 0 fully saturated rings. The van der Waals surface area contributed by atoms with E-state index in [1.54, 1.807) is 10.9 Å². The Labute approximate surface area is 101 Å². The Balaban J connectivity index is 2.48. The molecule has 0 amide bonds. The van der Waals surface area contributed by atoms with E-state index in [9.17, 15) is 0 Å². The molecule has 0 atom stereocenters. The first-order valence-electron chi connectivity index (χ1n) is 5.82. The number of hydrogen-bond donors (Lipinski definition) is 1. The minimum atomic E-state index is 0.316. The summed E-state index contributed by atoms with van der Waals surface area (Å²) >= 11 is 0. The van der Waals surface area contributed by atoms with E-state index in [1.807, 2.05) is 14.0 Å². The number of nitrogen functional groups attached to an aromatic ring is 1. The van der Waals surface area contributed by atoms with Crippen molar-refractivity contribution in [2.45, 2.75) is 33.1 Å². The Morgan fingerprint density at radius 1 is 1.47 bits per heavy atom. The molecule has 2 aromatic heterocycles. The third kappa shape index (κ3) is 1.92. The predicted octanol–water partition coefficient (Wildman–Crippen LogP) is 2.34. The van der Waals surface area contributed by atoms with E-state index < -0.39 is 0 Å². The average molecular weight is 234 g/mol. The van der Waals surface area contributed by atoms with Crippen LogP contribution in [0.15, 0.2) is 10.6 Å². The van der Waals surface area contributed by atoms with Gasteiger partial charge in [-0.25, -0.2) is 4.98 Å². The second-order valence-electron chi connectivity index (χ2n) is 4.41. The Kier molecular flexibility index (Phi) is 2.92. The first-order chi connectivity index (χ1) is 8.04. The lowest BCUT2D eigenvalue weighted by Gasteiger charge is -1.99. The van der Waals surface area contributed by atoms with Crippen LogP contribution in [0.25, 0.3) is 11.6 Å². The van der Waals surface area contributed by atoms with Gasteiger partial charge in [0.15, 0.2) is 0 Å². The quantitative estimate of drug-likeness (QED) is 0.885. The molecule has 0 unspecified atom stereocenters. The van der Waals surface area contributed by atoms with E-state index in [1.165, 1.54) is 0 Å². The number of aromatic nitrogens is 3. The van der Waals surface area contributed by atoms with Gasteiger partial charge in [0.1, 0.15) is 11.5 Å². The summed E-state index contributed by atoms with van der Waals surface area (Å²) < 4.78 is 7.42. The van der Waals surface area contributed by atoms with Crippen LogP contribution in [0.5, 0.6) is 0 Å². The van der Waals surface area contributed by atoms with Crippen molar-refractivity contribution >= 4 is 5.69 Å². The van der Waals surface area contributed by atoms with Gasteiger partial charge in [0.2, 0.25) is 5.89 Å². The summed E-state index contributed by atoms with van der Waals surface area (Å²) in [6, 6.07) is 0. The molecule has 17 heavy (non-hydrogen) atoms. The molecule has 0 saturated heterocycles. The first-order valence-corrected chi connectivity index (χ1v) is 5.82. The lowest BCUT2D eigenvalue weighted by Crippen LogP contribution is -1.95. The van der Waals surface area contributed by atoms with E-state index in [-0.39, 0.29) is 0 Å². The van der Waals surface area contributed by atoms with Crippen LogP contribution in [0.4, 0.5) is 5.69 Å². The van der Waals surface area contributed by atoms with Crippen LogP contribution in [0, 0.1) is 0 Å². The summed E-state index contributed by atoms with van der Waals surface area (Å²) in [4.78, 5) is 4.27. The SMILES string of the molecule is CCc1nn(C)c(-c2ncc(C(C)C)o2)c1N. The molecule has 2 aromatic rings. The summed E-state index contributed by atoms with van der Waals surface area (Å²) in [6.07, 6.45) is 2.55. The zero-order valence-electron chi connectivity index (χ0n) is 10.7. The Morgan fingerprint density at radius 3 is 2.65 bits per heavy atom. The molecule has 0 aliphatic carbocycles. The highest BCUT2D eigenvalue weighted by molar-refractivity contribution is 5.69. The van der Waals surface area contributed by atoms with E-state index in [4.69, 9.17) is 10.2 Å². The molecule has 92 valence electrons. The number of nitrogens with two attached hydrogens (primary N) is 1. The van der Waals surface area contributed by atoms with Crippen molar-refractivity contribution in [3.8, 4) is 11.6 Å². The maximum atomic E-state index is 6.05. The van der Waals surface area contributed by atoms with Gasteiger partial charge in [-0.3, -0.25) is 4.68 Å². The van der Waals surface area contributed by atoms with Crippen molar-refractivity contribution in [1.29, 1.82) is 0 Å². The highest BCUT2D eigenvalue weighted by Crippen LogP contribution is 2.29. The predicted molar refractivity (Wildman–Crippen MR) is 66.6 cm³/mol. The second kappa shape index (κ2) is 4.24. The maximum Gasteiger partial charge on any atom is 0.247 e. The van der Waals surface area contributed by atoms with E-state index >= 15 is 0 Å². The summed E-state index contributed by atoms with van der Waals surface area (Å²) in [7, 11) is 1.85. The third-order valence-electron chi connectivity index (χ3n) is 2.79. The Morgan fingerprint density at radius 2 is 2.18 bits per heavy atom. The maximum absolute atomic E-state index is 6.05. The number of aryl methyl sites for hydroxylation is 2. The van der Waals surface area contributed by atoms with Crippen LogP contribution >= 0.6 is 0 Å². The number of oxazole rings is 1. The van der Waals surface area contributed by atoms with Crippen molar-refractivity contribution in [2.75, 3.05) is 5.73 Å².